The topological polar surface area (TPSA) is 29.5 Å². The molecule has 188 valence electrons. The van der Waals surface area contributed by atoms with E-state index in [4.69, 9.17) is 4.74 Å². The molecule has 1 heterocycles. The predicted octanol–water partition coefficient (Wildman–Crippen LogP) is 7.61. The number of hydrogen-bond donors (Lipinski definition) is 1. The average molecular weight is 522 g/mol. The number of halogens is 1. The molecule has 1 N–H and O–H groups in total. The zero-order chi connectivity index (χ0) is 23.8. The summed E-state index contributed by atoms with van der Waals surface area (Å²) in [6.45, 7) is 18.9. The molecule has 5 saturated carbocycles. The van der Waals surface area contributed by atoms with Gasteiger partial charge in [0.1, 0.15) is 0 Å². The molecular weight excluding hydrogens is 472 g/mol. The summed E-state index contributed by atoms with van der Waals surface area (Å²) >= 11 is 3.93. The smallest absolute Gasteiger partial charge is 0.0675 e. The van der Waals surface area contributed by atoms with Crippen LogP contribution < -0.4 is 0 Å². The van der Waals surface area contributed by atoms with E-state index in [9.17, 15) is 5.11 Å². The second kappa shape index (κ2) is 6.83. The van der Waals surface area contributed by atoms with Crippen LogP contribution in [0, 0.1) is 56.2 Å². The maximum absolute atomic E-state index is 11.2. The second-order valence-electron chi connectivity index (χ2n) is 15.8. The van der Waals surface area contributed by atoms with E-state index in [1.165, 1.54) is 51.4 Å². The van der Waals surface area contributed by atoms with Crippen molar-refractivity contribution >= 4 is 15.9 Å². The number of ether oxygens (including phenoxy) is 1. The highest BCUT2D eigenvalue weighted by Gasteiger charge is 2.73. The summed E-state index contributed by atoms with van der Waals surface area (Å²) in [5.41, 5.74) is 1.96. The summed E-state index contributed by atoms with van der Waals surface area (Å²) in [5, 5.41) is 11.2. The Bertz CT molecular complexity index is 837. The molecule has 2 nitrogen and oxygen atoms in total. The molecule has 0 aromatic heterocycles. The number of alkyl halides is 1. The third kappa shape index (κ3) is 2.70. The zero-order valence-electron chi connectivity index (χ0n) is 22.3. The molecule has 0 unspecified atom stereocenters. The highest BCUT2D eigenvalue weighted by molar-refractivity contribution is 9.09. The van der Waals surface area contributed by atoms with Crippen molar-refractivity contribution in [1.82, 2.24) is 0 Å². The molecule has 1 saturated heterocycles. The molecule has 11 atom stereocenters. The van der Waals surface area contributed by atoms with Crippen LogP contribution in [0.1, 0.15) is 106 Å². The molecule has 1 aliphatic heterocycles. The maximum Gasteiger partial charge on any atom is 0.0675 e. The molecule has 33 heavy (non-hydrogen) atoms. The Kier molecular flexibility index (Phi) is 4.92. The third-order valence-electron chi connectivity index (χ3n) is 14.0. The van der Waals surface area contributed by atoms with E-state index in [0.717, 1.165) is 30.8 Å². The van der Waals surface area contributed by atoms with Crippen molar-refractivity contribution < 1.29 is 9.84 Å². The minimum absolute atomic E-state index is 0.141. The molecule has 0 spiro atoms. The van der Waals surface area contributed by atoms with Crippen molar-refractivity contribution in [2.75, 3.05) is 6.61 Å². The highest BCUT2D eigenvalue weighted by Crippen LogP contribution is 2.78. The minimum atomic E-state index is -0.229. The number of aliphatic hydroxyl groups is 1. The van der Waals surface area contributed by atoms with Gasteiger partial charge in [-0.15, -0.1) is 0 Å². The van der Waals surface area contributed by atoms with Crippen molar-refractivity contribution in [3.05, 3.63) is 0 Å². The monoisotopic (exact) mass is 520 g/mol. The fraction of sp³-hybridized carbons (Fsp3) is 1.00. The van der Waals surface area contributed by atoms with E-state index in [1.54, 1.807) is 0 Å². The van der Waals surface area contributed by atoms with Crippen LogP contribution in [0.15, 0.2) is 0 Å². The van der Waals surface area contributed by atoms with Crippen LogP contribution in [0.2, 0.25) is 0 Å². The van der Waals surface area contributed by atoms with Crippen LogP contribution in [0.4, 0.5) is 0 Å². The Morgan fingerprint density at radius 1 is 0.788 bits per heavy atom. The van der Waals surface area contributed by atoms with Gasteiger partial charge >= 0.3 is 0 Å². The fourth-order valence-electron chi connectivity index (χ4n) is 12.1. The lowest BCUT2D eigenvalue weighted by Crippen LogP contribution is -2.68. The Labute approximate surface area is 211 Å². The first-order chi connectivity index (χ1) is 15.2. The van der Waals surface area contributed by atoms with Gasteiger partial charge in [-0.2, -0.15) is 0 Å². The molecule has 0 amide bonds. The van der Waals surface area contributed by atoms with Gasteiger partial charge in [-0.1, -0.05) is 64.4 Å². The van der Waals surface area contributed by atoms with Gasteiger partial charge in [-0.25, -0.2) is 0 Å². The first-order valence-electron chi connectivity index (χ1n) is 14.2. The number of rotatable bonds is 0. The molecule has 6 aliphatic rings. The molecule has 5 aliphatic carbocycles. The second-order valence-corrected chi connectivity index (χ2v) is 16.8. The Hall–Kier alpha value is 0.400. The van der Waals surface area contributed by atoms with Gasteiger partial charge in [-0.05, 0) is 114 Å². The minimum Gasteiger partial charge on any atom is -0.392 e. The van der Waals surface area contributed by atoms with Crippen LogP contribution >= 0.6 is 15.9 Å². The van der Waals surface area contributed by atoms with Gasteiger partial charge in [0.25, 0.3) is 0 Å². The van der Waals surface area contributed by atoms with Gasteiger partial charge in [0.05, 0.1) is 18.8 Å². The van der Waals surface area contributed by atoms with Crippen molar-refractivity contribution in [2.45, 2.75) is 123 Å². The van der Waals surface area contributed by atoms with Gasteiger partial charge in [-0.3, -0.25) is 0 Å². The summed E-state index contributed by atoms with van der Waals surface area (Å²) in [6, 6.07) is 0. The molecule has 0 aromatic rings. The average Bonchev–Trinajstić information content (AvgIpc) is 3.06. The van der Waals surface area contributed by atoms with Crippen LogP contribution in [0.3, 0.4) is 0 Å². The lowest BCUT2D eigenvalue weighted by molar-refractivity contribution is -0.248. The Morgan fingerprint density at radius 2 is 1.48 bits per heavy atom. The standard InChI is InChI=1S/C30H49BrO2/c1-25(2)12-14-30-15-13-28(6)18(22(30)24(25)33-17-30)8-9-21-27(5)16-19(32)23(31)26(3,4)20(27)10-11-29(21,28)7/h18-24,32H,8-17H2,1-7H3/t18-,19-,20-,21-,22+,23+,24+,27-,28+,29+,30+/m0/s1. The normalized spacial score (nSPS) is 60.8. The summed E-state index contributed by atoms with van der Waals surface area (Å²) in [6.07, 6.45) is 12.2. The Morgan fingerprint density at radius 3 is 2.21 bits per heavy atom. The highest BCUT2D eigenvalue weighted by atomic mass is 79.9. The van der Waals surface area contributed by atoms with E-state index in [1.807, 2.05) is 0 Å². The molecule has 6 fully saturated rings. The first kappa shape index (κ1) is 23.8. The molecule has 6 rings (SSSR count). The zero-order valence-corrected chi connectivity index (χ0v) is 23.9. The van der Waals surface area contributed by atoms with E-state index in [0.29, 0.717) is 33.7 Å². The van der Waals surface area contributed by atoms with Crippen LogP contribution in [-0.2, 0) is 4.74 Å². The van der Waals surface area contributed by atoms with Gasteiger partial charge in [0, 0.05) is 4.83 Å². The summed E-state index contributed by atoms with van der Waals surface area (Å²) in [5.74, 6) is 3.00. The lowest BCUT2D eigenvalue weighted by atomic mass is 9.31. The maximum atomic E-state index is 11.2. The number of fused-ring (bicyclic) bond motifs is 5. The summed E-state index contributed by atoms with van der Waals surface area (Å²) in [4.78, 5) is 0.214. The first-order valence-corrected chi connectivity index (χ1v) is 15.1. The molecule has 3 heteroatoms. The van der Waals surface area contributed by atoms with E-state index < -0.39 is 0 Å². The van der Waals surface area contributed by atoms with Crippen molar-refractivity contribution in [1.29, 1.82) is 0 Å². The fourth-order valence-corrected chi connectivity index (χ4v) is 12.6. The van der Waals surface area contributed by atoms with Gasteiger partial charge in [0.15, 0.2) is 0 Å². The molecule has 2 bridgehead atoms. The largest absolute Gasteiger partial charge is 0.392 e. The van der Waals surface area contributed by atoms with E-state index in [-0.39, 0.29) is 21.8 Å². The summed E-state index contributed by atoms with van der Waals surface area (Å²) < 4.78 is 6.71. The number of hydrogen-bond acceptors (Lipinski definition) is 2. The van der Waals surface area contributed by atoms with Crippen LogP contribution in [0.5, 0.6) is 0 Å². The SMILES string of the molecule is CC1(C)CC[C@]23CC[C@]4(C)[C@@H](CC[C@H]5[C@@]6(C)C[C@H](O)[C@@H](Br)C(C)(C)[C@@H]6CC[C@]54C)[C@@H]2[C@H]1OC3. The number of aliphatic hydroxyl groups excluding tert-OH is 1. The van der Waals surface area contributed by atoms with E-state index >= 15 is 0 Å². The van der Waals surface area contributed by atoms with Gasteiger partial charge in [0.2, 0.25) is 0 Å². The van der Waals surface area contributed by atoms with Crippen molar-refractivity contribution in [2.24, 2.45) is 56.2 Å². The lowest BCUT2D eigenvalue weighted by Gasteiger charge is -2.73. The Balaban J connectivity index is 1.40. The van der Waals surface area contributed by atoms with Crippen molar-refractivity contribution in [3.63, 3.8) is 0 Å². The molecular formula is C30H49BrO2. The predicted molar refractivity (Wildman–Crippen MR) is 138 cm³/mol. The van der Waals surface area contributed by atoms with Gasteiger partial charge < -0.3 is 9.84 Å². The van der Waals surface area contributed by atoms with Crippen molar-refractivity contribution in [3.8, 4) is 0 Å². The van der Waals surface area contributed by atoms with Crippen LogP contribution in [0.25, 0.3) is 0 Å². The summed E-state index contributed by atoms with van der Waals surface area (Å²) in [7, 11) is 0. The molecule has 0 aromatic carbocycles. The van der Waals surface area contributed by atoms with E-state index in [2.05, 4.69) is 64.4 Å². The quantitative estimate of drug-likeness (QED) is 0.333. The third-order valence-corrected chi connectivity index (χ3v) is 15.8. The van der Waals surface area contributed by atoms with Crippen LogP contribution in [-0.4, -0.2) is 28.7 Å². The molecule has 0 radical (unpaired) electrons.